The molecule has 0 atom stereocenters. The number of allylic oxidation sites excluding steroid dienone is 1. The number of amides is 2. The number of rotatable bonds is 6. The number of carbonyl (C=O) groups is 2. The fraction of sp³-hybridized carbons (Fsp3) is 0.765. The van der Waals surface area contributed by atoms with Gasteiger partial charge in [0, 0.05) is 32.0 Å². The molecule has 0 bridgehead atoms. The molecule has 4 heteroatoms. The zero-order valence-electron chi connectivity index (χ0n) is 14.0. The molecule has 4 nitrogen and oxygen atoms in total. The summed E-state index contributed by atoms with van der Waals surface area (Å²) >= 11 is 0. The summed E-state index contributed by atoms with van der Waals surface area (Å²) in [6.45, 7) is 8.70. The minimum atomic E-state index is -0.217. The monoisotopic (exact) mass is 294 g/mol. The summed E-state index contributed by atoms with van der Waals surface area (Å²) in [6, 6.07) is 0. The van der Waals surface area contributed by atoms with Crippen molar-refractivity contribution in [3.63, 3.8) is 0 Å². The van der Waals surface area contributed by atoms with Crippen molar-refractivity contribution >= 4 is 11.8 Å². The number of hydrogen-bond acceptors (Lipinski definition) is 2. The van der Waals surface area contributed by atoms with Crippen molar-refractivity contribution in [2.75, 3.05) is 13.1 Å². The third-order valence-electron chi connectivity index (χ3n) is 3.66. The third-order valence-corrected chi connectivity index (χ3v) is 3.66. The van der Waals surface area contributed by atoms with Gasteiger partial charge in [0.15, 0.2) is 0 Å². The van der Waals surface area contributed by atoms with Crippen LogP contribution in [0.3, 0.4) is 0 Å². The molecule has 1 N–H and O–H groups in total. The van der Waals surface area contributed by atoms with Crippen LogP contribution in [-0.2, 0) is 9.59 Å². The maximum absolute atomic E-state index is 11.8. The minimum Gasteiger partial charge on any atom is -0.351 e. The fourth-order valence-electron chi connectivity index (χ4n) is 2.55. The first kappa shape index (κ1) is 17.7. The highest BCUT2D eigenvalue weighted by Crippen LogP contribution is 2.20. The average molecular weight is 294 g/mol. The van der Waals surface area contributed by atoms with E-state index in [0.29, 0.717) is 13.0 Å². The minimum absolute atomic E-state index is 0.00521. The summed E-state index contributed by atoms with van der Waals surface area (Å²) in [5.41, 5.74) is 1.25. The normalized spacial score (nSPS) is 15.3. The van der Waals surface area contributed by atoms with E-state index in [1.807, 2.05) is 20.8 Å². The Bertz CT molecular complexity index is 394. The van der Waals surface area contributed by atoms with E-state index in [2.05, 4.69) is 11.4 Å². The van der Waals surface area contributed by atoms with Crippen LogP contribution in [0, 0.1) is 0 Å². The van der Waals surface area contributed by atoms with Gasteiger partial charge in [0.1, 0.15) is 0 Å². The van der Waals surface area contributed by atoms with Crippen LogP contribution in [0.4, 0.5) is 0 Å². The van der Waals surface area contributed by atoms with E-state index in [-0.39, 0.29) is 17.4 Å². The first-order chi connectivity index (χ1) is 9.78. The van der Waals surface area contributed by atoms with Gasteiger partial charge in [-0.05, 0) is 52.9 Å². The second-order valence-corrected chi connectivity index (χ2v) is 6.91. The predicted octanol–water partition coefficient (Wildman–Crippen LogP) is 3.03. The van der Waals surface area contributed by atoms with Crippen LogP contribution in [0.1, 0.15) is 66.2 Å². The molecule has 0 saturated heterocycles. The number of hydrogen-bond donors (Lipinski definition) is 1. The Labute approximate surface area is 129 Å². The lowest BCUT2D eigenvalue weighted by molar-refractivity contribution is -0.129. The quantitative estimate of drug-likeness (QED) is 0.766. The highest BCUT2D eigenvalue weighted by atomic mass is 16.2. The molecule has 2 amide bonds. The molecule has 1 aliphatic rings. The lowest BCUT2D eigenvalue weighted by atomic mass is 9.97. The van der Waals surface area contributed by atoms with Crippen LogP contribution in [0.25, 0.3) is 0 Å². The third kappa shape index (κ3) is 7.88. The van der Waals surface area contributed by atoms with Crippen LogP contribution in [-0.4, -0.2) is 35.3 Å². The summed E-state index contributed by atoms with van der Waals surface area (Å²) in [5.74, 6) is 0.0561. The van der Waals surface area contributed by atoms with E-state index in [4.69, 9.17) is 0 Å². The van der Waals surface area contributed by atoms with Gasteiger partial charge in [0.05, 0.1) is 0 Å². The maximum atomic E-state index is 11.8. The van der Waals surface area contributed by atoms with Crippen molar-refractivity contribution in [3.05, 3.63) is 11.6 Å². The molecule has 0 aromatic carbocycles. The van der Waals surface area contributed by atoms with Gasteiger partial charge >= 0.3 is 0 Å². The Morgan fingerprint density at radius 2 is 1.95 bits per heavy atom. The van der Waals surface area contributed by atoms with E-state index < -0.39 is 0 Å². The van der Waals surface area contributed by atoms with Crippen molar-refractivity contribution in [1.82, 2.24) is 10.2 Å². The molecule has 0 spiro atoms. The molecule has 0 aliphatic heterocycles. The van der Waals surface area contributed by atoms with Crippen molar-refractivity contribution in [1.29, 1.82) is 0 Å². The smallest absolute Gasteiger partial charge is 0.222 e. The molecule has 0 aromatic rings. The summed E-state index contributed by atoms with van der Waals surface area (Å²) in [4.78, 5) is 25.3. The second kappa shape index (κ2) is 8.20. The molecule has 0 saturated carbocycles. The first-order valence-corrected chi connectivity index (χ1v) is 8.02. The van der Waals surface area contributed by atoms with Gasteiger partial charge < -0.3 is 10.2 Å². The Morgan fingerprint density at radius 1 is 1.24 bits per heavy atom. The molecule has 0 fully saturated rings. The fourth-order valence-corrected chi connectivity index (χ4v) is 2.55. The largest absolute Gasteiger partial charge is 0.351 e. The number of nitrogens with zero attached hydrogens (tertiary/aromatic N) is 1. The topological polar surface area (TPSA) is 49.4 Å². The van der Waals surface area contributed by atoms with Gasteiger partial charge in [-0.2, -0.15) is 0 Å². The van der Waals surface area contributed by atoms with Gasteiger partial charge in [0.25, 0.3) is 0 Å². The summed E-state index contributed by atoms with van der Waals surface area (Å²) < 4.78 is 0. The van der Waals surface area contributed by atoms with Crippen molar-refractivity contribution in [2.45, 2.75) is 71.8 Å². The number of carbonyl (C=O) groups excluding carboxylic acids is 2. The van der Waals surface area contributed by atoms with E-state index in [1.54, 1.807) is 11.8 Å². The Kier molecular flexibility index (Phi) is 6.93. The molecule has 0 aromatic heterocycles. The van der Waals surface area contributed by atoms with Gasteiger partial charge in [-0.15, -0.1) is 0 Å². The molecule has 120 valence electrons. The first-order valence-electron chi connectivity index (χ1n) is 8.02. The van der Waals surface area contributed by atoms with E-state index in [9.17, 15) is 9.59 Å². The van der Waals surface area contributed by atoms with E-state index >= 15 is 0 Å². The Hall–Kier alpha value is -1.32. The lowest BCUT2D eigenvalue weighted by Crippen LogP contribution is -2.42. The Balaban J connectivity index is 2.37. The van der Waals surface area contributed by atoms with Gasteiger partial charge in [0.2, 0.25) is 11.8 Å². The van der Waals surface area contributed by atoms with Crippen molar-refractivity contribution in [3.8, 4) is 0 Å². The average Bonchev–Trinajstić information content (AvgIpc) is 2.37. The predicted molar refractivity (Wildman–Crippen MR) is 85.9 cm³/mol. The standard InChI is InChI=1S/C17H30N2O2/c1-14(20)19(12-10-15-8-6-5-7-9-15)13-11-16(21)18-17(2,3)4/h8H,5-7,9-13H2,1-4H3,(H,18,21). The second-order valence-electron chi connectivity index (χ2n) is 6.91. The van der Waals surface area contributed by atoms with Crippen LogP contribution in [0.15, 0.2) is 11.6 Å². The molecule has 1 aliphatic carbocycles. The van der Waals surface area contributed by atoms with Crippen molar-refractivity contribution < 1.29 is 9.59 Å². The van der Waals surface area contributed by atoms with Crippen LogP contribution in [0.5, 0.6) is 0 Å². The highest BCUT2D eigenvalue weighted by Gasteiger charge is 2.16. The molecule has 0 radical (unpaired) electrons. The zero-order chi connectivity index (χ0) is 15.9. The lowest BCUT2D eigenvalue weighted by Gasteiger charge is -2.24. The summed E-state index contributed by atoms with van der Waals surface area (Å²) in [7, 11) is 0. The van der Waals surface area contributed by atoms with Gasteiger partial charge in [-0.25, -0.2) is 0 Å². The molecular formula is C17H30N2O2. The van der Waals surface area contributed by atoms with Crippen molar-refractivity contribution in [2.24, 2.45) is 0 Å². The molecule has 1 rings (SSSR count). The zero-order valence-corrected chi connectivity index (χ0v) is 14.0. The van der Waals surface area contributed by atoms with Gasteiger partial charge in [-0.3, -0.25) is 9.59 Å². The summed E-state index contributed by atoms with van der Waals surface area (Å²) in [5, 5.41) is 2.93. The SMILES string of the molecule is CC(=O)N(CCC(=O)NC(C)(C)C)CCC1=CCCCC1. The van der Waals surface area contributed by atoms with E-state index in [1.165, 1.54) is 24.8 Å². The Morgan fingerprint density at radius 3 is 2.48 bits per heavy atom. The number of nitrogens with one attached hydrogen (secondary N) is 1. The molecule has 21 heavy (non-hydrogen) atoms. The van der Waals surface area contributed by atoms with Gasteiger partial charge in [-0.1, -0.05) is 11.6 Å². The summed E-state index contributed by atoms with van der Waals surface area (Å²) in [6.07, 6.45) is 8.51. The molecule has 0 heterocycles. The van der Waals surface area contributed by atoms with Crippen LogP contribution in [0.2, 0.25) is 0 Å². The highest BCUT2D eigenvalue weighted by molar-refractivity contribution is 5.78. The maximum Gasteiger partial charge on any atom is 0.222 e. The molecular weight excluding hydrogens is 264 g/mol. The molecule has 0 unspecified atom stereocenters. The van der Waals surface area contributed by atoms with Crippen LogP contribution < -0.4 is 5.32 Å². The van der Waals surface area contributed by atoms with E-state index in [0.717, 1.165) is 19.4 Å². The van der Waals surface area contributed by atoms with Crippen LogP contribution >= 0.6 is 0 Å².